The monoisotopic (exact) mass is 371 g/mol. The number of aliphatic imine (C=N–C) groups is 1. The molecule has 0 spiro atoms. The first-order valence-electron chi connectivity index (χ1n) is 10.2. The van der Waals surface area contributed by atoms with Crippen LogP contribution in [0, 0.1) is 5.92 Å². The standard InChI is InChI=1S/C21H33N5O/c1-4-19-17(15-26(3)25-19)14-23-21(22-12-11-18-9-7-13-27-18)24-20-10-6-5-8-16(20)2/h7,9,13,15-16,20H,4-6,8,10-12,14H2,1-3H3,(H2,22,23,24). The van der Waals surface area contributed by atoms with Crippen molar-refractivity contribution in [2.45, 2.75) is 65.0 Å². The van der Waals surface area contributed by atoms with Crippen molar-refractivity contribution in [2.24, 2.45) is 18.0 Å². The molecule has 1 saturated carbocycles. The van der Waals surface area contributed by atoms with Crippen molar-refractivity contribution in [1.82, 2.24) is 20.4 Å². The van der Waals surface area contributed by atoms with Crippen LogP contribution in [0.5, 0.6) is 0 Å². The Morgan fingerprint density at radius 1 is 1.37 bits per heavy atom. The molecule has 2 N–H and O–H groups in total. The number of nitrogens with one attached hydrogen (secondary N) is 2. The topological polar surface area (TPSA) is 67.4 Å². The third kappa shape index (κ3) is 5.62. The number of furan rings is 1. The second-order valence-corrected chi connectivity index (χ2v) is 7.56. The van der Waals surface area contributed by atoms with Crippen LogP contribution in [-0.4, -0.2) is 28.3 Å². The number of aryl methyl sites for hydroxylation is 2. The molecule has 148 valence electrons. The Hall–Kier alpha value is -2.24. The lowest BCUT2D eigenvalue weighted by Gasteiger charge is -2.31. The van der Waals surface area contributed by atoms with E-state index >= 15 is 0 Å². The van der Waals surface area contributed by atoms with Gasteiger partial charge in [0.1, 0.15) is 5.76 Å². The van der Waals surface area contributed by atoms with Gasteiger partial charge in [0.25, 0.3) is 0 Å². The summed E-state index contributed by atoms with van der Waals surface area (Å²) in [6, 6.07) is 4.44. The zero-order valence-corrected chi connectivity index (χ0v) is 16.9. The second kappa shape index (κ2) is 9.62. The molecule has 2 unspecified atom stereocenters. The first kappa shape index (κ1) is 19.5. The molecule has 6 nitrogen and oxygen atoms in total. The molecular formula is C21H33N5O. The summed E-state index contributed by atoms with van der Waals surface area (Å²) in [6.07, 6.45) is 10.7. The minimum Gasteiger partial charge on any atom is -0.469 e. The zero-order valence-electron chi connectivity index (χ0n) is 16.9. The first-order valence-corrected chi connectivity index (χ1v) is 10.2. The highest BCUT2D eigenvalue weighted by Crippen LogP contribution is 2.23. The Morgan fingerprint density at radius 2 is 2.22 bits per heavy atom. The molecule has 6 heteroatoms. The van der Waals surface area contributed by atoms with Crippen LogP contribution in [0.1, 0.15) is 56.5 Å². The molecule has 2 heterocycles. The summed E-state index contributed by atoms with van der Waals surface area (Å²) < 4.78 is 7.31. The molecule has 2 aromatic rings. The molecule has 0 bridgehead atoms. The van der Waals surface area contributed by atoms with Crippen LogP contribution in [0.4, 0.5) is 0 Å². The highest BCUT2D eigenvalue weighted by molar-refractivity contribution is 5.80. The Bertz CT molecular complexity index is 719. The number of rotatable bonds is 7. The van der Waals surface area contributed by atoms with E-state index in [0.29, 0.717) is 18.5 Å². The maximum absolute atomic E-state index is 5.43. The molecule has 0 saturated heterocycles. The highest BCUT2D eigenvalue weighted by atomic mass is 16.3. The van der Waals surface area contributed by atoms with Gasteiger partial charge in [-0.05, 0) is 37.3 Å². The van der Waals surface area contributed by atoms with Gasteiger partial charge in [0.15, 0.2) is 5.96 Å². The molecular weight excluding hydrogens is 338 g/mol. The van der Waals surface area contributed by atoms with Crippen LogP contribution in [0.25, 0.3) is 0 Å². The van der Waals surface area contributed by atoms with Gasteiger partial charge in [0, 0.05) is 37.8 Å². The van der Waals surface area contributed by atoms with E-state index in [2.05, 4.69) is 35.8 Å². The smallest absolute Gasteiger partial charge is 0.191 e. The summed E-state index contributed by atoms with van der Waals surface area (Å²) in [5, 5.41) is 11.7. The van der Waals surface area contributed by atoms with Gasteiger partial charge in [-0.25, -0.2) is 4.99 Å². The van der Waals surface area contributed by atoms with Crippen LogP contribution >= 0.6 is 0 Å². The van der Waals surface area contributed by atoms with E-state index < -0.39 is 0 Å². The minimum atomic E-state index is 0.494. The zero-order chi connectivity index (χ0) is 19.1. The van der Waals surface area contributed by atoms with E-state index in [1.807, 2.05) is 23.9 Å². The molecule has 1 aliphatic carbocycles. The van der Waals surface area contributed by atoms with Gasteiger partial charge in [0.05, 0.1) is 18.5 Å². The predicted octanol–water partition coefficient (Wildman–Crippen LogP) is 3.43. The van der Waals surface area contributed by atoms with Crippen molar-refractivity contribution in [3.63, 3.8) is 0 Å². The van der Waals surface area contributed by atoms with E-state index in [4.69, 9.17) is 9.41 Å². The third-order valence-corrected chi connectivity index (χ3v) is 5.41. The SMILES string of the molecule is CCc1nn(C)cc1CN=C(NCCc1ccco1)NC1CCCCC1C. The fourth-order valence-electron chi connectivity index (χ4n) is 3.80. The molecule has 0 aromatic carbocycles. The average molecular weight is 372 g/mol. The van der Waals surface area contributed by atoms with E-state index in [1.54, 1.807) is 6.26 Å². The summed E-state index contributed by atoms with van der Waals surface area (Å²) in [5.74, 6) is 2.57. The lowest BCUT2D eigenvalue weighted by Crippen LogP contribution is -2.47. The van der Waals surface area contributed by atoms with Crippen molar-refractivity contribution < 1.29 is 4.42 Å². The molecule has 0 radical (unpaired) electrons. The average Bonchev–Trinajstić information content (AvgIpc) is 3.30. The number of nitrogens with zero attached hydrogens (tertiary/aromatic N) is 3. The van der Waals surface area contributed by atoms with Crippen molar-refractivity contribution in [2.75, 3.05) is 6.54 Å². The predicted molar refractivity (Wildman–Crippen MR) is 109 cm³/mol. The summed E-state index contributed by atoms with van der Waals surface area (Å²) >= 11 is 0. The van der Waals surface area contributed by atoms with Crippen LogP contribution in [0.3, 0.4) is 0 Å². The second-order valence-electron chi connectivity index (χ2n) is 7.56. The molecule has 3 rings (SSSR count). The molecule has 27 heavy (non-hydrogen) atoms. The first-order chi connectivity index (χ1) is 13.2. The third-order valence-electron chi connectivity index (χ3n) is 5.41. The summed E-state index contributed by atoms with van der Waals surface area (Å²) in [7, 11) is 1.97. The fraction of sp³-hybridized carbons (Fsp3) is 0.619. The van der Waals surface area contributed by atoms with Crippen molar-refractivity contribution >= 4 is 5.96 Å². The van der Waals surface area contributed by atoms with Gasteiger partial charge in [-0.1, -0.05) is 26.7 Å². The maximum Gasteiger partial charge on any atom is 0.191 e. The van der Waals surface area contributed by atoms with Crippen LogP contribution in [0.15, 0.2) is 34.0 Å². The van der Waals surface area contributed by atoms with Crippen molar-refractivity contribution in [1.29, 1.82) is 0 Å². The van der Waals surface area contributed by atoms with Gasteiger partial charge in [-0.2, -0.15) is 5.10 Å². The van der Waals surface area contributed by atoms with Gasteiger partial charge in [0.2, 0.25) is 0 Å². The normalized spacial score (nSPS) is 20.6. The number of hydrogen-bond donors (Lipinski definition) is 2. The van der Waals surface area contributed by atoms with E-state index in [-0.39, 0.29) is 0 Å². The van der Waals surface area contributed by atoms with Gasteiger partial charge in [-0.15, -0.1) is 0 Å². The van der Waals surface area contributed by atoms with E-state index in [9.17, 15) is 0 Å². The Morgan fingerprint density at radius 3 is 2.96 bits per heavy atom. The van der Waals surface area contributed by atoms with Crippen molar-refractivity contribution in [3.05, 3.63) is 41.6 Å². The molecule has 0 amide bonds. The quantitative estimate of drug-likeness (QED) is 0.578. The molecule has 1 aliphatic rings. The Balaban J connectivity index is 1.65. The fourth-order valence-corrected chi connectivity index (χ4v) is 3.80. The van der Waals surface area contributed by atoms with Crippen LogP contribution < -0.4 is 10.6 Å². The summed E-state index contributed by atoms with van der Waals surface area (Å²) in [4.78, 5) is 4.87. The number of guanidine groups is 1. The lowest BCUT2D eigenvalue weighted by molar-refractivity contribution is 0.306. The highest BCUT2D eigenvalue weighted by Gasteiger charge is 2.22. The number of aromatic nitrogens is 2. The lowest BCUT2D eigenvalue weighted by atomic mass is 9.86. The van der Waals surface area contributed by atoms with E-state index in [0.717, 1.165) is 36.8 Å². The van der Waals surface area contributed by atoms with Gasteiger partial charge >= 0.3 is 0 Å². The molecule has 1 fully saturated rings. The van der Waals surface area contributed by atoms with Crippen molar-refractivity contribution in [3.8, 4) is 0 Å². The van der Waals surface area contributed by atoms with Crippen LogP contribution in [-0.2, 0) is 26.4 Å². The Kier molecular flexibility index (Phi) is 6.96. The summed E-state index contributed by atoms with van der Waals surface area (Å²) in [5.41, 5.74) is 2.33. The van der Waals surface area contributed by atoms with Gasteiger partial charge < -0.3 is 15.1 Å². The molecule has 2 atom stereocenters. The largest absolute Gasteiger partial charge is 0.469 e. The van der Waals surface area contributed by atoms with Gasteiger partial charge in [-0.3, -0.25) is 4.68 Å². The number of hydrogen-bond acceptors (Lipinski definition) is 3. The minimum absolute atomic E-state index is 0.494. The molecule has 2 aromatic heterocycles. The molecule has 0 aliphatic heterocycles. The van der Waals surface area contributed by atoms with E-state index in [1.165, 1.54) is 31.2 Å². The van der Waals surface area contributed by atoms with Crippen LogP contribution in [0.2, 0.25) is 0 Å². The summed E-state index contributed by atoms with van der Waals surface area (Å²) in [6.45, 7) is 5.93. The maximum atomic E-state index is 5.43. The Labute approximate surface area is 162 Å².